The minimum Gasteiger partial charge on any atom is -0.299 e. The molecule has 1 saturated carbocycles. The van der Waals surface area contributed by atoms with Crippen molar-refractivity contribution in [2.75, 3.05) is 5.75 Å². The van der Waals surface area contributed by atoms with Gasteiger partial charge in [-0.15, -0.1) is 0 Å². The van der Waals surface area contributed by atoms with Crippen LogP contribution in [-0.4, -0.2) is 25.2 Å². The predicted octanol–water partition coefficient (Wildman–Crippen LogP) is 4.53. The maximum Gasteiger partial charge on any atom is 0.152 e. The van der Waals surface area contributed by atoms with Crippen LogP contribution in [0.5, 0.6) is 0 Å². The maximum absolute atomic E-state index is 12.9. The van der Waals surface area contributed by atoms with Crippen LogP contribution in [0.2, 0.25) is 0 Å². The number of carbonyl (C=O) groups excluding carboxylic acids is 1. The number of fused-ring (bicyclic) bond motifs is 1. The molecule has 0 bridgehead atoms. The van der Waals surface area contributed by atoms with E-state index >= 15 is 0 Å². The summed E-state index contributed by atoms with van der Waals surface area (Å²) in [5, 5.41) is -0.303. The van der Waals surface area contributed by atoms with Crippen molar-refractivity contribution in [2.45, 2.75) is 84.3 Å². The second kappa shape index (κ2) is 8.06. The van der Waals surface area contributed by atoms with Crippen molar-refractivity contribution in [1.29, 1.82) is 0 Å². The van der Waals surface area contributed by atoms with Gasteiger partial charge in [-0.05, 0) is 106 Å². The first-order chi connectivity index (χ1) is 12.7. The summed E-state index contributed by atoms with van der Waals surface area (Å²) in [5.41, 5.74) is 6.88. The molecule has 2 aliphatic rings. The average molecular weight is 391 g/mol. The Morgan fingerprint density at radius 1 is 1.07 bits per heavy atom. The maximum atomic E-state index is 12.9. The number of hydrogen-bond acceptors (Lipinski definition) is 3. The van der Waals surface area contributed by atoms with E-state index in [1.54, 1.807) is 13.8 Å². The molecule has 0 spiro atoms. The first-order valence-electron chi connectivity index (χ1n) is 10.5. The molecule has 0 N–H and O–H groups in total. The fourth-order valence-corrected chi connectivity index (χ4v) is 6.31. The predicted molar refractivity (Wildman–Crippen MR) is 111 cm³/mol. The van der Waals surface area contributed by atoms with Gasteiger partial charge in [0.15, 0.2) is 9.84 Å². The number of Topliss-reactive ketones (excluding diaryl/α,β-unsaturated/α-hetero) is 1. The van der Waals surface area contributed by atoms with Gasteiger partial charge >= 0.3 is 0 Å². The molecule has 0 saturated heterocycles. The summed E-state index contributed by atoms with van der Waals surface area (Å²) in [6, 6.07) is 2.23. The van der Waals surface area contributed by atoms with Gasteiger partial charge in [0.05, 0.1) is 11.0 Å². The Morgan fingerprint density at radius 2 is 1.70 bits per heavy atom. The SMILES string of the molecule is Cc1cc(CC(=O)C2CCC(CS(=O)(=O)C(C)C)CC2)c(C)c2c1CCC2. The zero-order valence-corrected chi connectivity index (χ0v) is 18.1. The molecule has 0 unspecified atom stereocenters. The highest BCUT2D eigenvalue weighted by atomic mass is 32.2. The van der Waals surface area contributed by atoms with E-state index in [2.05, 4.69) is 19.9 Å². The van der Waals surface area contributed by atoms with Crippen LogP contribution >= 0.6 is 0 Å². The van der Waals surface area contributed by atoms with Gasteiger partial charge in [-0.3, -0.25) is 4.79 Å². The van der Waals surface area contributed by atoms with Gasteiger partial charge in [-0.1, -0.05) is 6.07 Å². The van der Waals surface area contributed by atoms with E-state index in [1.165, 1.54) is 40.7 Å². The molecule has 4 heteroatoms. The van der Waals surface area contributed by atoms with Gasteiger partial charge in [-0.2, -0.15) is 0 Å². The number of carbonyl (C=O) groups is 1. The van der Waals surface area contributed by atoms with Gasteiger partial charge in [0, 0.05) is 12.3 Å². The van der Waals surface area contributed by atoms with E-state index in [1.807, 2.05) is 0 Å². The quantitative estimate of drug-likeness (QED) is 0.717. The summed E-state index contributed by atoms with van der Waals surface area (Å²) in [6.07, 6.45) is 7.53. The third-order valence-electron chi connectivity index (χ3n) is 6.87. The Bertz CT molecular complexity index is 813. The van der Waals surface area contributed by atoms with Crippen LogP contribution in [0.25, 0.3) is 0 Å². The molecular formula is C23H34O3S. The molecule has 1 fully saturated rings. The molecule has 3 nitrogen and oxygen atoms in total. The smallest absolute Gasteiger partial charge is 0.152 e. The first kappa shape index (κ1) is 20.6. The first-order valence-corrected chi connectivity index (χ1v) is 12.3. The Morgan fingerprint density at radius 3 is 2.33 bits per heavy atom. The summed E-state index contributed by atoms with van der Waals surface area (Å²) < 4.78 is 24.3. The third-order valence-corrected chi connectivity index (χ3v) is 9.24. The highest BCUT2D eigenvalue weighted by Gasteiger charge is 2.30. The summed E-state index contributed by atoms with van der Waals surface area (Å²) in [7, 11) is -2.99. The Hall–Kier alpha value is -1.16. The lowest BCUT2D eigenvalue weighted by Gasteiger charge is -2.28. The van der Waals surface area contributed by atoms with E-state index in [0.717, 1.165) is 32.1 Å². The van der Waals surface area contributed by atoms with Gasteiger partial charge in [0.2, 0.25) is 0 Å². The Kier molecular flexibility index (Phi) is 6.14. The molecule has 3 rings (SSSR count). The van der Waals surface area contributed by atoms with E-state index in [9.17, 15) is 13.2 Å². The normalized spacial score (nSPS) is 22.9. The zero-order chi connectivity index (χ0) is 19.8. The van der Waals surface area contributed by atoms with Gasteiger partial charge in [-0.25, -0.2) is 8.42 Å². The third kappa shape index (κ3) is 4.47. The summed E-state index contributed by atoms with van der Waals surface area (Å²) in [5.74, 6) is 0.969. The Balaban J connectivity index is 1.60. The number of rotatable bonds is 6. The van der Waals surface area contributed by atoms with Crippen molar-refractivity contribution >= 4 is 15.6 Å². The monoisotopic (exact) mass is 390 g/mol. The fraction of sp³-hybridized carbons (Fsp3) is 0.696. The molecule has 0 heterocycles. The van der Waals surface area contributed by atoms with Crippen molar-refractivity contribution in [1.82, 2.24) is 0 Å². The molecule has 1 aromatic rings. The lowest BCUT2D eigenvalue weighted by atomic mass is 9.79. The van der Waals surface area contributed by atoms with Crippen molar-refractivity contribution in [3.8, 4) is 0 Å². The number of benzene rings is 1. The van der Waals surface area contributed by atoms with Crippen LogP contribution in [0.4, 0.5) is 0 Å². The molecule has 2 aliphatic carbocycles. The minimum atomic E-state index is -2.99. The molecule has 0 atom stereocenters. The summed E-state index contributed by atoms with van der Waals surface area (Å²) in [4.78, 5) is 12.9. The highest BCUT2D eigenvalue weighted by molar-refractivity contribution is 7.91. The molecule has 150 valence electrons. The molecule has 0 amide bonds. The van der Waals surface area contributed by atoms with Crippen molar-refractivity contribution in [3.63, 3.8) is 0 Å². The average Bonchev–Trinajstić information content (AvgIpc) is 3.10. The van der Waals surface area contributed by atoms with E-state index in [4.69, 9.17) is 0 Å². The number of ketones is 1. The van der Waals surface area contributed by atoms with Crippen LogP contribution in [0.15, 0.2) is 6.07 Å². The van der Waals surface area contributed by atoms with Gasteiger partial charge < -0.3 is 0 Å². The molecule has 1 aromatic carbocycles. The topological polar surface area (TPSA) is 51.2 Å². The second-order valence-corrected chi connectivity index (χ2v) is 11.6. The lowest BCUT2D eigenvalue weighted by Crippen LogP contribution is -2.29. The van der Waals surface area contributed by atoms with Crippen LogP contribution in [0.1, 0.15) is 73.8 Å². The minimum absolute atomic E-state index is 0.107. The van der Waals surface area contributed by atoms with Gasteiger partial charge in [0.25, 0.3) is 0 Å². The van der Waals surface area contributed by atoms with Crippen molar-refractivity contribution in [2.24, 2.45) is 11.8 Å². The Labute approximate surface area is 164 Å². The second-order valence-electron chi connectivity index (χ2n) is 9.03. The van der Waals surface area contributed by atoms with Crippen molar-refractivity contribution < 1.29 is 13.2 Å². The summed E-state index contributed by atoms with van der Waals surface area (Å²) >= 11 is 0. The van der Waals surface area contributed by atoms with E-state index in [-0.39, 0.29) is 22.8 Å². The molecule has 27 heavy (non-hydrogen) atoms. The molecule has 0 aromatic heterocycles. The van der Waals surface area contributed by atoms with Crippen molar-refractivity contribution in [3.05, 3.63) is 33.9 Å². The van der Waals surface area contributed by atoms with Crippen LogP contribution in [0.3, 0.4) is 0 Å². The fourth-order valence-electron chi connectivity index (χ4n) is 4.93. The standard InChI is InChI=1S/C23H34O3S/c1-15(2)27(25,26)14-18-8-10-19(11-9-18)23(24)13-20-12-16(3)21-6-5-7-22(21)17(20)4/h12,15,18-19H,5-11,13-14H2,1-4H3. The summed E-state index contributed by atoms with van der Waals surface area (Å²) in [6.45, 7) is 7.87. The van der Waals surface area contributed by atoms with Crippen LogP contribution < -0.4 is 0 Å². The van der Waals surface area contributed by atoms with Crippen LogP contribution in [0, 0.1) is 25.7 Å². The highest BCUT2D eigenvalue weighted by Crippen LogP contribution is 2.34. The number of sulfone groups is 1. The van der Waals surface area contributed by atoms with E-state index < -0.39 is 9.84 Å². The lowest BCUT2D eigenvalue weighted by molar-refractivity contribution is -0.123. The van der Waals surface area contributed by atoms with Gasteiger partial charge in [0.1, 0.15) is 5.78 Å². The van der Waals surface area contributed by atoms with E-state index in [0.29, 0.717) is 12.2 Å². The zero-order valence-electron chi connectivity index (χ0n) is 17.3. The number of hydrogen-bond donors (Lipinski definition) is 0. The van der Waals surface area contributed by atoms with Crippen LogP contribution in [-0.2, 0) is 33.9 Å². The molecule has 0 radical (unpaired) electrons. The number of aryl methyl sites for hydroxylation is 1. The molecular weight excluding hydrogens is 356 g/mol. The largest absolute Gasteiger partial charge is 0.299 e. The molecule has 0 aliphatic heterocycles.